The van der Waals surface area contributed by atoms with Crippen molar-refractivity contribution in [3.05, 3.63) is 60.6 Å². The van der Waals surface area contributed by atoms with Gasteiger partial charge in [-0.2, -0.15) is 10.4 Å². The molecule has 0 saturated carbocycles. The standard InChI is InChI=1S/C23H24N8O3/c1-14(2)27-18-9-19(25-11-15(18)10-24)28-23(32)31(4)20-6-5-17(16-12-26-30(3)13-16)21(29-20)22-33-7-8-34-22/h5-9,11-14,22H,1-4H3,(H2,25,27,28,32). The van der Waals surface area contributed by atoms with Crippen LogP contribution in [0.2, 0.25) is 0 Å². The van der Waals surface area contributed by atoms with Crippen LogP contribution in [0.5, 0.6) is 0 Å². The van der Waals surface area contributed by atoms with Crippen molar-refractivity contribution in [1.82, 2.24) is 19.7 Å². The maximum absolute atomic E-state index is 13.0. The van der Waals surface area contributed by atoms with Crippen molar-refractivity contribution in [2.45, 2.75) is 26.2 Å². The summed E-state index contributed by atoms with van der Waals surface area (Å²) in [6.07, 6.45) is 7.15. The molecule has 0 aliphatic carbocycles. The van der Waals surface area contributed by atoms with E-state index in [1.807, 2.05) is 33.2 Å². The number of aromatic nitrogens is 4. The maximum atomic E-state index is 13.0. The molecule has 2 N–H and O–H groups in total. The van der Waals surface area contributed by atoms with Gasteiger partial charge < -0.3 is 14.8 Å². The van der Waals surface area contributed by atoms with E-state index in [4.69, 9.17) is 9.47 Å². The fourth-order valence-electron chi connectivity index (χ4n) is 3.34. The molecule has 174 valence electrons. The van der Waals surface area contributed by atoms with Gasteiger partial charge in [0.15, 0.2) is 0 Å². The molecule has 1 aliphatic heterocycles. The number of hydrogen-bond donors (Lipinski definition) is 2. The Labute approximate surface area is 196 Å². The summed E-state index contributed by atoms with van der Waals surface area (Å²) >= 11 is 0. The molecule has 0 aromatic carbocycles. The third-order valence-electron chi connectivity index (χ3n) is 4.96. The van der Waals surface area contributed by atoms with Gasteiger partial charge in [0, 0.05) is 49.7 Å². The fraction of sp³-hybridized carbons (Fsp3) is 0.261. The van der Waals surface area contributed by atoms with E-state index >= 15 is 0 Å². The predicted octanol–water partition coefficient (Wildman–Crippen LogP) is 3.75. The predicted molar refractivity (Wildman–Crippen MR) is 126 cm³/mol. The average Bonchev–Trinajstić information content (AvgIpc) is 3.50. The normalized spacial score (nSPS) is 12.7. The smallest absolute Gasteiger partial charge is 0.328 e. The molecule has 1 aliphatic rings. The highest BCUT2D eigenvalue weighted by molar-refractivity contribution is 6.00. The minimum absolute atomic E-state index is 0.108. The van der Waals surface area contributed by atoms with Crippen molar-refractivity contribution in [3.8, 4) is 17.2 Å². The number of carbonyl (C=O) groups is 1. The quantitative estimate of drug-likeness (QED) is 0.569. The summed E-state index contributed by atoms with van der Waals surface area (Å²) in [5.41, 5.74) is 3.11. The van der Waals surface area contributed by atoms with Crippen molar-refractivity contribution < 1.29 is 14.3 Å². The largest absolute Gasteiger partial charge is 0.454 e. The number of anilines is 3. The second-order valence-corrected chi connectivity index (χ2v) is 7.90. The number of urea groups is 1. The van der Waals surface area contributed by atoms with E-state index in [9.17, 15) is 10.1 Å². The van der Waals surface area contributed by atoms with Gasteiger partial charge in [-0.05, 0) is 26.0 Å². The Kier molecular flexibility index (Phi) is 6.31. The van der Waals surface area contributed by atoms with Crippen LogP contribution < -0.4 is 15.5 Å². The Bertz CT molecular complexity index is 1270. The van der Waals surface area contributed by atoms with Crippen LogP contribution in [0.15, 0.2) is 49.3 Å². The Hall–Kier alpha value is -4.59. The van der Waals surface area contributed by atoms with Crippen LogP contribution in [-0.4, -0.2) is 38.9 Å². The number of nitrogens with one attached hydrogen (secondary N) is 2. The van der Waals surface area contributed by atoms with Gasteiger partial charge >= 0.3 is 6.03 Å². The number of hydrogen-bond acceptors (Lipinski definition) is 8. The molecule has 0 spiro atoms. The van der Waals surface area contributed by atoms with Crippen LogP contribution in [0.25, 0.3) is 11.1 Å². The molecule has 0 atom stereocenters. The van der Waals surface area contributed by atoms with Crippen LogP contribution in [0, 0.1) is 11.3 Å². The summed E-state index contributed by atoms with van der Waals surface area (Å²) in [6, 6.07) is 6.94. The average molecular weight is 460 g/mol. The third kappa shape index (κ3) is 4.75. The molecule has 0 fully saturated rings. The molecule has 0 radical (unpaired) electrons. The van der Waals surface area contributed by atoms with Gasteiger partial charge in [-0.3, -0.25) is 14.9 Å². The molecular weight excluding hydrogens is 436 g/mol. The monoisotopic (exact) mass is 460 g/mol. The van der Waals surface area contributed by atoms with Gasteiger partial charge in [0.1, 0.15) is 35.9 Å². The van der Waals surface area contributed by atoms with E-state index < -0.39 is 12.3 Å². The number of rotatable bonds is 6. The Balaban J connectivity index is 1.59. The van der Waals surface area contributed by atoms with Crippen LogP contribution in [-0.2, 0) is 16.5 Å². The number of pyridine rings is 2. The van der Waals surface area contributed by atoms with Crippen molar-refractivity contribution in [2.75, 3.05) is 22.6 Å². The van der Waals surface area contributed by atoms with Gasteiger partial charge in [0.25, 0.3) is 6.29 Å². The second-order valence-electron chi connectivity index (χ2n) is 7.90. The van der Waals surface area contributed by atoms with Gasteiger partial charge in [0.2, 0.25) is 0 Å². The number of ether oxygens (including phenoxy) is 2. The lowest BCUT2D eigenvalue weighted by molar-refractivity contribution is -0.0273. The summed E-state index contributed by atoms with van der Waals surface area (Å²) < 4.78 is 12.7. The minimum Gasteiger partial charge on any atom is -0.454 e. The maximum Gasteiger partial charge on any atom is 0.328 e. The van der Waals surface area contributed by atoms with E-state index in [-0.39, 0.29) is 6.04 Å². The van der Waals surface area contributed by atoms with Crippen LogP contribution in [0.4, 0.5) is 22.1 Å². The molecule has 34 heavy (non-hydrogen) atoms. The number of aryl methyl sites for hydroxylation is 1. The Morgan fingerprint density at radius 2 is 2.03 bits per heavy atom. The number of amides is 2. The molecule has 2 amide bonds. The molecule has 0 saturated heterocycles. The Morgan fingerprint density at radius 1 is 1.26 bits per heavy atom. The molecule has 11 nitrogen and oxygen atoms in total. The molecule has 3 aromatic heterocycles. The lowest BCUT2D eigenvalue weighted by atomic mass is 10.1. The van der Waals surface area contributed by atoms with Crippen molar-refractivity contribution in [3.63, 3.8) is 0 Å². The van der Waals surface area contributed by atoms with Crippen molar-refractivity contribution in [1.29, 1.82) is 5.26 Å². The summed E-state index contributed by atoms with van der Waals surface area (Å²) in [5.74, 6) is 0.686. The topological polar surface area (TPSA) is 130 Å². The van der Waals surface area contributed by atoms with Gasteiger partial charge in [0.05, 0.1) is 17.4 Å². The number of nitrogens with zero attached hydrogens (tertiary/aromatic N) is 6. The van der Waals surface area contributed by atoms with E-state index in [0.29, 0.717) is 28.6 Å². The first-order chi connectivity index (χ1) is 16.4. The summed E-state index contributed by atoms with van der Waals surface area (Å²) in [4.78, 5) is 23.1. The van der Waals surface area contributed by atoms with Crippen molar-refractivity contribution >= 4 is 23.4 Å². The van der Waals surface area contributed by atoms with E-state index in [1.165, 1.54) is 23.6 Å². The summed E-state index contributed by atoms with van der Waals surface area (Å²) in [6.45, 7) is 3.92. The SMILES string of the molecule is CC(C)Nc1cc(NC(=O)N(C)c2ccc(-c3cnn(C)c3)c(C3OC=CO3)n2)ncc1C#N. The number of nitriles is 1. The number of carbonyl (C=O) groups excluding carboxylic acids is 1. The molecule has 11 heteroatoms. The van der Waals surface area contributed by atoms with Crippen LogP contribution >= 0.6 is 0 Å². The summed E-state index contributed by atoms with van der Waals surface area (Å²) in [5, 5.41) is 19.4. The van der Waals surface area contributed by atoms with Gasteiger partial charge in [-0.25, -0.2) is 14.8 Å². The molecule has 4 rings (SSSR count). The highest BCUT2D eigenvalue weighted by atomic mass is 16.7. The Morgan fingerprint density at radius 3 is 2.68 bits per heavy atom. The molecular formula is C23H24N8O3. The molecule has 3 aromatic rings. The van der Waals surface area contributed by atoms with E-state index in [1.54, 1.807) is 30.1 Å². The first-order valence-electron chi connectivity index (χ1n) is 10.5. The third-order valence-corrected chi connectivity index (χ3v) is 4.96. The minimum atomic E-state index is -0.739. The second kappa shape index (κ2) is 9.50. The first kappa shape index (κ1) is 22.6. The lowest BCUT2D eigenvalue weighted by Crippen LogP contribution is -2.32. The highest BCUT2D eigenvalue weighted by Crippen LogP contribution is 2.33. The van der Waals surface area contributed by atoms with Gasteiger partial charge in [-0.1, -0.05) is 0 Å². The van der Waals surface area contributed by atoms with Crippen LogP contribution in [0.3, 0.4) is 0 Å². The van der Waals surface area contributed by atoms with E-state index in [2.05, 4.69) is 31.8 Å². The van der Waals surface area contributed by atoms with E-state index in [0.717, 1.165) is 11.1 Å². The van der Waals surface area contributed by atoms with Crippen LogP contribution in [0.1, 0.15) is 31.4 Å². The highest BCUT2D eigenvalue weighted by Gasteiger charge is 2.25. The molecule has 0 unspecified atom stereocenters. The zero-order valence-corrected chi connectivity index (χ0v) is 19.2. The zero-order valence-electron chi connectivity index (χ0n) is 19.2. The van der Waals surface area contributed by atoms with Crippen molar-refractivity contribution in [2.24, 2.45) is 7.05 Å². The lowest BCUT2D eigenvalue weighted by Gasteiger charge is -2.20. The first-order valence-corrected chi connectivity index (χ1v) is 10.5. The van der Waals surface area contributed by atoms with Gasteiger partial charge in [-0.15, -0.1) is 0 Å². The molecule has 0 bridgehead atoms. The zero-order chi connectivity index (χ0) is 24.2. The summed E-state index contributed by atoms with van der Waals surface area (Å²) in [7, 11) is 3.42. The fourth-order valence-corrected chi connectivity index (χ4v) is 3.34. The molecule has 4 heterocycles.